The second kappa shape index (κ2) is 7.32. The molecule has 120 valence electrons. The molecule has 7 heteroatoms. The van der Waals surface area contributed by atoms with Gasteiger partial charge in [0.25, 0.3) is 5.91 Å². The molecule has 0 saturated heterocycles. The van der Waals surface area contributed by atoms with E-state index in [2.05, 4.69) is 21.2 Å². The smallest absolute Gasteiger partial charge is 0.255 e. The van der Waals surface area contributed by atoms with Gasteiger partial charge in [-0.2, -0.15) is 0 Å². The zero-order valence-corrected chi connectivity index (χ0v) is 13.4. The van der Waals surface area contributed by atoms with Gasteiger partial charge >= 0.3 is 0 Å². The normalized spacial score (nSPS) is 11.8. The number of benzene rings is 2. The first-order valence-corrected chi connectivity index (χ1v) is 7.47. The van der Waals surface area contributed by atoms with Crippen LogP contribution in [0.15, 0.2) is 46.9 Å². The van der Waals surface area contributed by atoms with Crippen molar-refractivity contribution < 1.29 is 18.4 Å². The topological polar surface area (TPSA) is 72.2 Å². The molecule has 4 nitrogen and oxygen atoms in total. The van der Waals surface area contributed by atoms with Crippen LogP contribution in [0.3, 0.4) is 0 Å². The molecule has 2 aromatic carbocycles. The van der Waals surface area contributed by atoms with E-state index < -0.39 is 35.1 Å². The third kappa shape index (κ3) is 4.13. The van der Waals surface area contributed by atoms with E-state index in [-0.39, 0.29) is 6.42 Å². The summed E-state index contributed by atoms with van der Waals surface area (Å²) in [5, 5.41) is 2.34. The molecule has 2 aromatic rings. The maximum Gasteiger partial charge on any atom is 0.255 e. The van der Waals surface area contributed by atoms with Crippen molar-refractivity contribution in [1.29, 1.82) is 0 Å². The van der Waals surface area contributed by atoms with Gasteiger partial charge in [-0.1, -0.05) is 40.2 Å². The number of carbonyl (C=O) groups is 2. The van der Waals surface area contributed by atoms with Crippen molar-refractivity contribution in [3.8, 4) is 0 Å². The summed E-state index contributed by atoms with van der Waals surface area (Å²) in [5.41, 5.74) is 5.56. The van der Waals surface area contributed by atoms with Crippen molar-refractivity contribution in [2.45, 2.75) is 12.5 Å². The Morgan fingerprint density at radius 3 is 2.48 bits per heavy atom. The van der Waals surface area contributed by atoms with E-state index in [4.69, 9.17) is 5.73 Å². The van der Waals surface area contributed by atoms with E-state index in [1.807, 2.05) is 0 Å². The largest absolute Gasteiger partial charge is 0.368 e. The van der Waals surface area contributed by atoms with Crippen molar-refractivity contribution in [1.82, 2.24) is 5.32 Å². The van der Waals surface area contributed by atoms with E-state index in [1.165, 1.54) is 6.07 Å². The minimum absolute atomic E-state index is 0.124. The highest BCUT2D eigenvalue weighted by Gasteiger charge is 2.23. The number of primary amides is 1. The summed E-state index contributed by atoms with van der Waals surface area (Å²) in [6.45, 7) is 0. The fourth-order valence-corrected chi connectivity index (χ4v) is 2.47. The molecule has 0 aliphatic carbocycles. The lowest BCUT2D eigenvalue weighted by atomic mass is 10.0. The van der Waals surface area contributed by atoms with E-state index in [0.717, 1.165) is 22.2 Å². The molecule has 0 spiro atoms. The molecular weight excluding hydrogens is 370 g/mol. The first kappa shape index (κ1) is 17.1. The molecule has 3 N–H and O–H groups in total. The van der Waals surface area contributed by atoms with Crippen LogP contribution in [0.5, 0.6) is 0 Å². The van der Waals surface area contributed by atoms with E-state index in [0.29, 0.717) is 0 Å². The van der Waals surface area contributed by atoms with Crippen LogP contribution in [-0.4, -0.2) is 17.9 Å². The number of hydrogen-bond acceptors (Lipinski definition) is 2. The van der Waals surface area contributed by atoms with E-state index in [1.54, 1.807) is 24.3 Å². The Balaban J connectivity index is 2.20. The fraction of sp³-hybridized carbons (Fsp3) is 0.125. The molecular formula is C16H13BrF2N2O2. The molecule has 0 bridgehead atoms. The number of nitrogens with two attached hydrogens (primary N) is 1. The molecule has 0 fully saturated rings. The van der Waals surface area contributed by atoms with Crippen LogP contribution in [-0.2, 0) is 11.2 Å². The van der Waals surface area contributed by atoms with Gasteiger partial charge in [0.15, 0.2) is 11.6 Å². The van der Waals surface area contributed by atoms with Gasteiger partial charge in [0, 0.05) is 10.9 Å². The molecule has 23 heavy (non-hydrogen) atoms. The Hall–Kier alpha value is -2.28. The number of amides is 2. The average Bonchev–Trinajstić information content (AvgIpc) is 2.51. The quantitative estimate of drug-likeness (QED) is 0.833. The summed E-state index contributed by atoms with van der Waals surface area (Å²) in [6.07, 6.45) is 0.124. The molecule has 2 amide bonds. The highest BCUT2D eigenvalue weighted by molar-refractivity contribution is 9.10. The molecule has 1 atom stereocenters. The van der Waals surface area contributed by atoms with Crippen molar-refractivity contribution in [2.75, 3.05) is 0 Å². The van der Waals surface area contributed by atoms with Crippen molar-refractivity contribution in [2.24, 2.45) is 5.73 Å². The maximum absolute atomic E-state index is 13.6. The maximum atomic E-state index is 13.6. The molecule has 0 heterocycles. The lowest BCUT2D eigenvalue weighted by Gasteiger charge is -2.16. The molecule has 2 rings (SSSR count). The van der Waals surface area contributed by atoms with Gasteiger partial charge in [-0.3, -0.25) is 9.59 Å². The zero-order chi connectivity index (χ0) is 17.0. The Bertz CT molecular complexity index is 753. The van der Waals surface area contributed by atoms with Gasteiger partial charge < -0.3 is 11.1 Å². The van der Waals surface area contributed by atoms with Gasteiger partial charge in [0.2, 0.25) is 5.91 Å². The zero-order valence-electron chi connectivity index (χ0n) is 11.9. The van der Waals surface area contributed by atoms with Crippen LogP contribution in [0, 0.1) is 11.6 Å². The SMILES string of the molecule is NC(=O)[C@H](Cc1ccccc1Br)NC(=O)c1cccc(F)c1F. The van der Waals surface area contributed by atoms with Gasteiger partial charge in [-0.05, 0) is 23.8 Å². The molecule has 0 saturated carbocycles. The minimum Gasteiger partial charge on any atom is -0.368 e. The predicted octanol–water partition coefficient (Wildman–Crippen LogP) is 2.55. The third-order valence-corrected chi connectivity index (χ3v) is 4.00. The lowest BCUT2D eigenvalue weighted by Crippen LogP contribution is -2.46. The monoisotopic (exact) mass is 382 g/mol. The van der Waals surface area contributed by atoms with Crippen LogP contribution in [0.2, 0.25) is 0 Å². The van der Waals surface area contributed by atoms with Gasteiger partial charge in [-0.25, -0.2) is 8.78 Å². The Kier molecular flexibility index (Phi) is 5.44. The second-order valence-corrected chi connectivity index (χ2v) is 5.68. The summed E-state index contributed by atoms with van der Waals surface area (Å²) < 4.78 is 27.6. The number of nitrogens with one attached hydrogen (secondary N) is 1. The van der Waals surface area contributed by atoms with Crippen LogP contribution in [0.4, 0.5) is 8.78 Å². The average molecular weight is 383 g/mol. The summed E-state index contributed by atoms with van der Waals surface area (Å²) in [7, 11) is 0. The van der Waals surface area contributed by atoms with Crippen LogP contribution in [0.1, 0.15) is 15.9 Å². The lowest BCUT2D eigenvalue weighted by molar-refractivity contribution is -0.119. The van der Waals surface area contributed by atoms with Crippen molar-refractivity contribution in [3.63, 3.8) is 0 Å². The van der Waals surface area contributed by atoms with Crippen molar-refractivity contribution in [3.05, 3.63) is 69.7 Å². The van der Waals surface area contributed by atoms with Crippen molar-refractivity contribution >= 4 is 27.7 Å². The van der Waals surface area contributed by atoms with E-state index in [9.17, 15) is 18.4 Å². The Morgan fingerprint density at radius 2 is 1.83 bits per heavy atom. The molecule has 0 aliphatic rings. The summed E-state index contributed by atoms with van der Waals surface area (Å²) in [6, 6.07) is 9.29. The van der Waals surface area contributed by atoms with Crippen LogP contribution >= 0.6 is 15.9 Å². The summed E-state index contributed by atoms with van der Waals surface area (Å²) >= 11 is 3.33. The minimum atomic E-state index is -1.27. The van der Waals surface area contributed by atoms with E-state index >= 15 is 0 Å². The van der Waals surface area contributed by atoms with Gasteiger partial charge in [0.05, 0.1) is 5.56 Å². The first-order chi connectivity index (χ1) is 10.9. The second-order valence-electron chi connectivity index (χ2n) is 4.83. The van der Waals surface area contributed by atoms with Gasteiger partial charge in [0.1, 0.15) is 6.04 Å². The number of halogens is 3. The highest BCUT2D eigenvalue weighted by Crippen LogP contribution is 2.18. The highest BCUT2D eigenvalue weighted by atomic mass is 79.9. The standard InChI is InChI=1S/C16H13BrF2N2O2/c17-11-6-2-1-4-9(11)8-13(15(20)22)21-16(23)10-5-3-7-12(18)14(10)19/h1-7,13H,8H2,(H2,20,22)(H,21,23)/t13-/m0/s1. The summed E-state index contributed by atoms with van der Waals surface area (Å²) in [4.78, 5) is 23.6. The first-order valence-electron chi connectivity index (χ1n) is 6.67. The van der Waals surface area contributed by atoms with Crippen LogP contribution in [0.25, 0.3) is 0 Å². The summed E-state index contributed by atoms with van der Waals surface area (Å²) in [5.74, 6) is -4.09. The number of hydrogen-bond donors (Lipinski definition) is 2. The molecule has 0 aliphatic heterocycles. The molecule has 0 aromatic heterocycles. The molecule has 0 unspecified atom stereocenters. The fourth-order valence-electron chi connectivity index (χ4n) is 2.02. The Morgan fingerprint density at radius 1 is 1.13 bits per heavy atom. The van der Waals surface area contributed by atoms with Gasteiger partial charge in [-0.15, -0.1) is 0 Å². The predicted molar refractivity (Wildman–Crippen MR) is 84.7 cm³/mol. The Labute approximate surface area is 139 Å². The number of rotatable bonds is 5. The number of carbonyl (C=O) groups excluding carboxylic acids is 2. The molecule has 0 radical (unpaired) electrons. The van der Waals surface area contributed by atoms with Crippen LogP contribution < -0.4 is 11.1 Å². The third-order valence-electron chi connectivity index (χ3n) is 3.23.